The lowest BCUT2D eigenvalue weighted by Gasteiger charge is -2.19. The highest BCUT2D eigenvalue weighted by Gasteiger charge is 2.21. The highest BCUT2D eigenvalue weighted by molar-refractivity contribution is 7.92. The predicted octanol–water partition coefficient (Wildman–Crippen LogP) is 3.23. The van der Waals surface area contributed by atoms with Crippen LogP contribution in [0.5, 0.6) is 0 Å². The fourth-order valence-corrected chi connectivity index (χ4v) is 3.70. The van der Waals surface area contributed by atoms with Crippen molar-refractivity contribution >= 4 is 27.4 Å². The molecule has 28 heavy (non-hydrogen) atoms. The number of para-hydroxylation sites is 1. The molecule has 0 radical (unpaired) electrons. The van der Waals surface area contributed by atoms with Crippen LogP contribution in [0.2, 0.25) is 0 Å². The Labute approximate surface area is 164 Å². The van der Waals surface area contributed by atoms with Crippen LogP contribution >= 0.6 is 0 Å². The number of sulfonamides is 1. The summed E-state index contributed by atoms with van der Waals surface area (Å²) in [7, 11) is -2.18. The summed E-state index contributed by atoms with van der Waals surface area (Å²) >= 11 is 0. The molecule has 0 spiro atoms. The zero-order valence-corrected chi connectivity index (χ0v) is 16.1. The first kappa shape index (κ1) is 19.4. The minimum Gasteiger partial charge on any atom is -0.334 e. The quantitative estimate of drug-likeness (QED) is 0.669. The van der Waals surface area contributed by atoms with Crippen LogP contribution in [0.25, 0.3) is 0 Å². The fraction of sp³-hybridized carbons (Fsp3) is 0.100. The van der Waals surface area contributed by atoms with Gasteiger partial charge in [0.1, 0.15) is 0 Å². The number of pyridine rings is 1. The van der Waals surface area contributed by atoms with Gasteiger partial charge in [-0.25, -0.2) is 13.2 Å². The molecule has 1 aromatic heterocycles. The Bertz CT molecular complexity index is 1020. The van der Waals surface area contributed by atoms with E-state index in [1.807, 2.05) is 12.1 Å². The van der Waals surface area contributed by atoms with Crippen LogP contribution in [0.15, 0.2) is 84.0 Å². The minimum atomic E-state index is -3.69. The number of anilines is 2. The summed E-state index contributed by atoms with van der Waals surface area (Å²) in [5.74, 6) is 0. The highest BCUT2D eigenvalue weighted by atomic mass is 32.2. The number of nitrogens with zero attached hydrogens (tertiary/aromatic N) is 2. The summed E-state index contributed by atoms with van der Waals surface area (Å²) in [5, 5.41) is 5.39. The lowest BCUT2D eigenvalue weighted by molar-refractivity contribution is 0.251. The average molecular weight is 396 g/mol. The second kappa shape index (κ2) is 8.53. The van der Waals surface area contributed by atoms with Crippen molar-refractivity contribution in [1.29, 1.82) is 0 Å². The maximum atomic E-state index is 12.7. The van der Waals surface area contributed by atoms with E-state index in [0.29, 0.717) is 17.9 Å². The number of carbonyl (C=O) groups is 1. The average Bonchev–Trinajstić information content (AvgIpc) is 2.73. The van der Waals surface area contributed by atoms with Gasteiger partial charge in [0.05, 0.1) is 10.6 Å². The van der Waals surface area contributed by atoms with Crippen LogP contribution in [0.4, 0.5) is 16.2 Å². The number of nitrogens with one attached hydrogen (secondary N) is 2. The zero-order valence-electron chi connectivity index (χ0n) is 15.2. The molecule has 3 aromatic rings. The van der Waals surface area contributed by atoms with Crippen LogP contribution in [-0.2, 0) is 16.6 Å². The molecule has 0 bridgehead atoms. The van der Waals surface area contributed by atoms with E-state index in [0.717, 1.165) is 5.56 Å². The molecule has 0 aliphatic carbocycles. The van der Waals surface area contributed by atoms with Gasteiger partial charge in [-0.2, -0.15) is 0 Å². The van der Waals surface area contributed by atoms with Gasteiger partial charge in [-0.15, -0.1) is 0 Å². The summed E-state index contributed by atoms with van der Waals surface area (Å²) in [5.41, 5.74) is 1.94. The molecule has 0 unspecified atom stereocenters. The summed E-state index contributed by atoms with van der Waals surface area (Å²) in [6.07, 6.45) is 3.33. The van der Waals surface area contributed by atoms with E-state index in [-0.39, 0.29) is 10.9 Å². The molecule has 7 nitrogen and oxygen atoms in total. The summed E-state index contributed by atoms with van der Waals surface area (Å²) in [4.78, 5) is 16.1. The zero-order chi connectivity index (χ0) is 20.0. The molecule has 2 amide bonds. The topological polar surface area (TPSA) is 91.4 Å². The van der Waals surface area contributed by atoms with Crippen LogP contribution in [0, 0.1) is 0 Å². The largest absolute Gasteiger partial charge is 0.334 e. The monoisotopic (exact) mass is 396 g/mol. The normalized spacial score (nSPS) is 10.9. The molecule has 3 rings (SSSR count). The van der Waals surface area contributed by atoms with Gasteiger partial charge in [0.25, 0.3) is 10.0 Å². The molecule has 0 atom stereocenters. The molecule has 8 heteroatoms. The van der Waals surface area contributed by atoms with Gasteiger partial charge >= 0.3 is 6.03 Å². The second-order valence-corrected chi connectivity index (χ2v) is 7.97. The van der Waals surface area contributed by atoms with Crippen molar-refractivity contribution in [1.82, 2.24) is 10.3 Å². The van der Waals surface area contributed by atoms with E-state index in [9.17, 15) is 13.2 Å². The number of hydrogen-bond acceptors (Lipinski definition) is 4. The second-order valence-electron chi connectivity index (χ2n) is 6.00. The first-order chi connectivity index (χ1) is 13.5. The van der Waals surface area contributed by atoms with Crippen LogP contribution in [0.3, 0.4) is 0 Å². The Morgan fingerprint density at radius 3 is 2.36 bits per heavy atom. The smallest absolute Gasteiger partial charge is 0.319 e. The van der Waals surface area contributed by atoms with Gasteiger partial charge in [-0.3, -0.25) is 9.29 Å². The van der Waals surface area contributed by atoms with Gasteiger partial charge in [0.2, 0.25) is 0 Å². The number of carbonyl (C=O) groups excluding carboxylic acids is 1. The number of hydrogen-bond donors (Lipinski definition) is 2. The number of rotatable bonds is 6. The van der Waals surface area contributed by atoms with Crippen molar-refractivity contribution in [3.05, 3.63) is 84.7 Å². The molecule has 0 aliphatic rings. The van der Waals surface area contributed by atoms with Crippen molar-refractivity contribution < 1.29 is 13.2 Å². The van der Waals surface area contributed by atoms with E-state index in [2.05, 4.69) is 15.6 Å². The molecule has 144 valence electrons. The third-order valence-electron chi connectivity index (χ3n) is 4.07. The first-order valence-corrected chi connectivity index (χ1v) is 9.98. The Hall–Kier alpha value is -3.39. The maximum absolute atomic E-state index is 12.7. The summed E-state index contributed by atoms with van der Waals surface area (Å²) < 4.78 is 26.7. The molecule has 1 heterocycles. The Kier molecular flexibility index (Phi) is 5.90. The third kappa shape index (κ3) is 4.66. The third-order valence-corrected chi connectivity index (χ3v) is 5.87. The number of urea groups is 1. The number of aromatic nitrogens is 1. The minimum absolute atomic E-state index is 0.139. The Balaban J connectivity index is 1.63. The van der Waals surface area contributed by atoms with Crippen LogP contribution < -0.4 is 14.9 Å². The molecular formula is C20H20N4O3S. The van der Waals surface area contributed by atoms with Crippen molar-refractivity contribution in [2.24, 2.45) is 0 Å². The number of amides is 2. The van der Waals surface area contributed by atoms with E-state index >= 15 is 0 Å². The SMILES string of the molecule is CN(c1ccccc1)S(=O)(=O)c1ccc(NC(=O)NCc2cccnc2)cc1. The van der Waals surface area contributed by atoms with Gasteiger partial charge in [-0.1, -0.05) is 24.3 Å². The van der Waals surface area contributed by atoms with E-state index < -0.39 is 10.0 Å². The summed E-state index contributed by atoms with van der Waals surface area (Å²) in [6, 6.07) is 18.1. The first-order valence-electron chi connectivity index (χ1n) is 8.54. The van der Waals surface area contributed by atoms with Gasteiger partial charge in [0.15, 0.2) is 0 Å². The fourth-order valence-electron chi connectivity index (χ4n) is 2.51. The van der Waals surface area contributed by atoms with E-state index in [4.69, 9.17) is 0 Å². The molecule has 2 aromatic carbocycles. The maximum Gasteiger partial charge on any atom is 0.319 e. The summed E-state index contributed by atoms with van der Waals surface area (Å²) in [6.45, 7) is 0.341. The van der Waals surface area contributed by atoms with Crippen molar-refractivity contribution in [3.63, 3.8) is 0 Å². The van der Waals surface area contributed by atoms with Gasteiger partial charge in [-0.05, 0) is 48.0 Å². The number of benzene rings is 2. The lowest BCUT2D eigenvalue weighted by atomic mass is 10.3. The van der Waals surface area contributed by atoms with Gasteiger partial charge in [0, 0.05) is 31.7 Å². The highest BCUT2D eigenvalue weighted by Crippen LogP contribution is 2.22. The van der Waals surface area contributed by atoms with Crippen LogP contribution in [-0.4, -0.2) is 26.5 Å². The molecule has 0 fully saturated rings. The Morgan fingerprint density at radius 1 is 1.00 bits per heavy atom. The van der Waals surface area contributed by atoms with E-state index in [1.165, 1.54) is 23.5 Å². The van der Waals surface area contributed by atoms with Crippen LogP contribution in [0.1, 0.15) is 5.56 Å². The lowest BCUT2D eigenvalue weighted by Crippen LogP contribution is -2.28. The van der Waals surface area contributed by atoms with E-state index in [1.54, 1.807) is 54.9 Å². The predicted molar refractivity (Wildman–Crippen MR) is 109 cm³/mol. The van der Waals surface area contributed by atoms with Crippen molar-refractivity contribution in [2.75, 3.05) is 16.7 Å². The standard InChI is InChI=1S/C20H20N4O3S/c1-24(18-7-3-2-4-8-18)28(26,27)19-11-9-17(10-12-19)23-20(25)22-15-16-6-5-13-21-14-16/h2-14H,15H2,1H3,(H2,22,23,25). The molecule has 0 saturated heterocycles. The van der Waals surface area contributed by atoms with Crippen molar-refractivity contribution in [3.8, 4) is 0 Å². The Morgan fingerprint density at radius 2 is 1.71 bits per heavy atom. The molecular weight excluding hydrogens is 376 g/mol. The van der Waals surface area contributed by atoms with Crippen molar-refractivity contribution in [2.45, 2.75) is 11.4 Å². The molecule has 2 N–H and O–H groups in total. The molecule has 0 saturated carbocycles. The van der Waals surface area contributed by atoms with Gasteiger partial charge < -0.3 is 10.6 Å². The molecule has 0 aliphatic heterocycles.